The van der Waals surface area contributed by atoms with E-state index in [1.165, 1.54) is 0 Å². The first-order valence-corrected chi connectivity index (χ1v) is 7.43. The standard InChI is InChI=1S/C15H18N2O3S/c1-10-16-11(9-21-10)4-7-15(18)17-13-8-12(19-2)5-6-14(13)20-3/h5-6,8-9H,4,7H2,1-3H3,(H,17,18). The summed E-state index contributed by atoms with van der Waals surface area (Å²) in [6.45, 7) is 1.95. The molecule has 1 aromatic carbocycles. The summed E-state index contributed by atoms with van der Waals surface area (Å²) in [7, 11) is 3.15. The fourth-order valence-corrected chi connectivity index (χ4v) is 2.54. The number of carbonyl (C=O) groups is 1. The van der Waals surface area contributed by atoms with Crippen molar-refractivity contribution in [2.75, 3.05) is 19.5 Å². The second-order valence-electron chi connectivity index (χ2n) is 4.47. The second kappa shape index (κ2) is 7.08. The van der Waals surface area contributed by atoms with Crippen LogP contribution in [-0.2, 0) is 11.2 Å². The van der Waals surface area contributed by atoms with Crippen LogP contribution in [0, 0.1) is 6.92 Å². The summed E-state index contributed by atoms with van der Waals surface area (Å²) in [5.74, 6) is 1.20. The molecule has 0 aliphatic carbocycles. The van der Waals surface area contributed by atoms with Crippen molar-refractivity contribution in [2.24, 2.45) is 0 Å². The zero-order valence-corrected chi connectivity index (χ0v) is 13.1. The molecule has 0 aliphatic heterocycles. The average Bonchev–Trinajstić information content (AvgIpc) is 2.90. The molecule has 2 aromatic rings. The van der Waals surface area contributed by atoms with Gasteiger partial charge in [-0.15, -0.1) is 11.3 Å². The van der Waals surface area contributed by atoms with Crippen molar-refractivity contribution in [3.8, 4) is 11.5 Å². The monoisotopic (exact) mass is 306 g/mol. The van der Waals surface area contributed by atoms with E-state index < -0.39 is 0 Å². The number of hydrogen-bond donors (Lipinski definition) is 1. The Bertz CT molecular complexity index is 625. The Hall–Kier alpha value is -2.08. The molecule has 0 radical (unpaired) electrons. The third-order valence-corrected chi connectivity index (χ3v) is 3.78. The number of amides is 1. The third kappa shape index (κ3) is 4.19. The molecule has 5 nitrogen and oxygen atoms in total. The Morgan fingerprint density at radius 2 is 2.14 bits per heavy atom. The molecule has 6 heteroatoms. The molecule has 1 heterocycles. The van der Waals surface area contributed by atoms with Gasteiger partial charge in [-0.3, -0.25) is 4.79 Å². The van der Waals surface area contributed by atoms with Crippen LogP contribution in [0.1, 0.15) is 17.1 Å². The number of thiazole rings is 1. The van der Waals surface area contributed by atoms with E-state index in [4.69, 9.17) is 9.47 Å². The van der Waals surface area contributed by atoms with Gasteiger partial charge in [-0.2, -0.15) is 0 Å². The molecule has 112 valence electrons. The van der Waals surface area contributed by atoms with E-state index in [2.05, 4.69) is 10.3 Å². The van der Waals surface area contributed by atoms with Crippen molar-refractivity contribution >= 4 is 22.9 Å². The molecule has 0 fully saturated rings. The van der Waals surface area contributed by atoms with Gasteiger partial charge in [0.25, 0.3) is 0 Å². The predicted octanol–water partition coefficient (Wildman–Crippen LogP) is 3.04. The number of ether oxygens (including phenoxy) is 2. The maximum Gasteiger partial charge on any atom is 0.224 e. The zero-order chi connectivity index (χ0) is 15.2. The fourth-order valence-electron chi connectivity index (χ4n) is 1.89. The summed E-state index contributed by atoms with van der Waals surface area (Å²) in [5, 5.41) is 5.84. The number of aryl methyl sites for hydroxylation is 2. The Kier molecular flexibility index (Phi) is 5.16. The minimum absolute atomic E-state index is 0.0767. The molecule has 1 aromatic heterocycles. The quantitative estimate of drug-likeness (QED) is 0.891. The first-order chi connectivity index (χ1) is 10.1. The van der Waals surface area contributed by atoms with Gasteiger partial charge >= 0.3 is 0 Å². The molecule has 1 amide bonds. The molecule has 0 spiro atoms. The Morgan fingerprint density at radius 1 is 1.33 bits per heavy atom. The highest BCUT2D eigenvalue weighted by molar-refractivity contribution is 7.09. The number of hydrogen-bond acceptors (Lipinski definition) is 5. The molecule has 0 aliphatic rings. The number of rotatable bonds is 6. The van der Waals surface area contributed by atoms with Crippen LogP contribution in [0.25, 0.3) is 0 Å². The smallest absolute Gasteiger partial charge is 0.224 e. The third-order valence-electron chi connectivity index (χ3n) is 2.96. The number of anilines is 1. The molecule has 0 saturated heterocycles. The Labute approximate surface area is 127 Å². The van der Waals surface area contributed by atoms with Gasteiger partial charge in [0.2, 0.25) is 5.91 Å². The van der Waals surface area contributed by atoms with E-state index in [0.717, 1.165) is 10.7 Å². The van der Waals surface area contributed by atoms with Crippen molar-refractivity contribution in [1.29, 1.82) is 0 Å². The topological polar surface area (TPSA) is 60.5 Å². The SMILES string of the molecule is COc1ccc(OC)c(NC(=O)CCc2csc(C)n2)c1. The van der Waals surface area contributed by atoms with Gasteiger partial charge in [0, 0.05) is 17.9 Å². The lowest BCUT2D eigenvalue weighted by atomic mass is 10.2. The Balaban J connectivity index is 1.98. The van der Waals surface area contributed by atoms with Crippen LogP contribution in [0.4, 0.5) is 5.69 Å². The van der Waals surface area contributed by atoms with Gasteiger partial charge in [-0.1, -0.05) is 0 Å². The van der Waals surface area contributed by atoms with Crippen LogP contribution in [0.3, 0.4) is 0 Å². The highest BCUT2D eigenvalue weighted by atomic mass is 32.1. The maximum absolute atomic E-state index is 12.0. The lowest BCUT2D eigenvalue weighted by molar-refractivity contribution is -0.116. The van der Waals surface area contributed by atoms with Crippen molar-refractivity contribution in [1.82, 2.24) is 4.98 Å². The van der Waals surface area contributed by atoms with Crippen molar-refractivity contribution < 1.29 is 14.3 Å². The van der Waals surface area contributed by atoms with Crippen LogP contribution in [-0.4, -0.2) is 25.1 Å². The first-order valence-electron chi connectivity index (χ1n) is 6.55. The molecular weight excluding hydrogens is 288 g/mol. The number of benzene rings is 1. The molecule has 2 rings (SSSR count). The summed E-state index contributed by atoms with van der Waals surface area (Å²) in [4.78, 5) is 16.4. The first kappa shape index (κ1) is 15.3. The number of nitrogens with zero attached hydrogens (tertiary/aromatic N) is 1. The van der Waals surface area contributed by atoms with E-state index in [1.54, 1.807) is 43.8 Å². The van der Waals surface area contributed by atoms with E-state index in [0.29, 0.717) is 30.0 Å². The van der Waals surface area contributed by atoms with Gasteiger partial charge < -0.3 is 14.8 Å². The van der Waals surface area contributed by atoms with Crippen LogP contribution < -0.4 is 14.8 Å². The van der Waals surface area contributed by atoms with Crippen molar-refractivity contribution in [2.45, 2.75) is 19.8 Å². The van der Waals surface area contributed by atoms with Crippen LogP contribution in [0.15, 0.2) is 23.6 Å². The summed E-state index contributed by atoms with van der Waals surface area (Å²) in [6, 6.07) is 5.29. The van der Waals surface area contributed by atoms with Crippen LogP contribution in [0.5, 0.6) is 11.5 Å². The van der Waals surface area contributed by atoms with E-state index >= 15 is 0 Å². The second-order valence-corrected chi connectivity index (χ2v) is 5.53. The highest BCUT2D eigenvalue weighted by Gasteiger charge is 2.10. The normalized spacial score (nSPS) is 10.2. The Morgan fingerprint density at radius 3 is 2.76 bits per heavy atom. The molecule has 0 atom stereocenters. The summed E-state index contributed by atoms with van der Waals surface area (Å²) < 4.78 is 10.4. The summed E-state index contributed by atoms with van der Waals surface area (Å²) >= 11 is 1.59. The van der Waals surface area contributed by atoms with Gasteiger partial charge in [-0.05, 0) is 25.5 Å². The van der Waals surface area contributed by atoms with E-state index in [9.17, 15) is 4.79 Å². The largest absolute Gasteiger partial charge is 0.497 e. The lowest BCUT2D eigenvalue weighted by Crippen LogP contribution is -2.13. The summed E-state index contributed by atoms with van der Waals surface area (Å²) in [6.07, 6.45) is 1.01. The number of nitrogens with one attached hydrogen (secondary N) is 1. The minimum Gasteiger partial charge on any atom is -0.497 e. The number of carbonyl (C=O) groups excluding carboxylic acids is 1. The summed E-state index contributed by atoms with van der Waals surface area (Å²) in [5.41, 5.74) is 1.56. The molecule has 21 heavy (non-hydrogen) atoms. The molecule has 1 N–H and O–H groups in total. The van der Waals surface area contributed by atoms with Crippen LogP contribution >= 0.6 is 11.3 Å². The van der Waals surface area contributed by atoms with Gasteiger partial charge in [0.15, 0.2) is 0 Å². The van der Waals surface area contributed by atoms with Crippen LogP contribution in [0.2, 0.25) is 0 Å². The van der Waals surface area contributed by atoms with Gasteiger partial charge in [0.05, 0.1) is 30.6 Å². The zero-order valence-electron chi connectivity index (χ0n) is 12.3. The van der Waals surface area contributed by atoms with Gasteiger partial charge in [-0.25, -0.2) is 4.98 Å². The fraction of sp³-hybridized carbons (Fsp3) is 0.333. The number of methoxy groups -OCH3 is 2. The highest BCUT2D eigenvalue weighted by Crippen LogP contribution is 2.29. The lowest BCUT2D eigenvalue weighted by Gasteiger charge is -2.11. The molecule has 0 unspecified atom stereocenters. The predicted molar refractivity (Wildman–Crippen MR) is 83.3 cm³/mol. The molecule has 0 bridgehead atoms. The van der Waals surface area contributed by atoms with Gasteiger partial charge in [0.1, 0.15) is 11.5 Å². The van der Waals surface area contributed by atoms with Crippen molar-refractivity contribution in [3.63, 3.8) is 0 Å². The molecular formula is C15H18N2O3S. The molecule has 0 saturated carbocycles. The van der Waals surface area contributed by atoms with Crippen molar-refractivity contribution in [3.05, 3.63) is 34.3 Å². The average molecular weight is 306 g/mol. The maximum atomic E-state index is 12.0. The number of aromatic nitrogens is 1. The minimum atomic E-state index is -0.0767. The van der Waals surface area contributed by atoms with E-state index in [-0.39, 0.29) is 5.91 Å². The van der Waals surface area contributed by atoms with E-state index in [1.807, 2.05) is 12.3 Å².